The van der Waals surface area contributed by atoms with Crippen LogP contribution in [0, 0.1) is 6.92 Å². The minimum Gasteiger partial charge on any atom is -0.496 e. The largest absolute Gasteiger partial charge is 0.496 e. The molecule has 0 unspecified atom stereocenters. The molecule has 6 nitrogen and oxygen atoms in total. The Bertz CT molecular complexity index is 821. The lowest BCUT2D eigenvalue weighted by atomic mass is 10.2. The molecule has 2 rings (SSSR count). The van der Waals surface area contributed by atoms with E-state index in [-0.39, 0.29) is 24.7 Å². The molecule has 0 saturated carbocycles. The van der Waals surface area contributed by atoms with Crippen molar-refractivity contribution in [2.75, 3.05) is 12.4 Å². The van der Waals surface area contributed by atoms with Gasteiger partial charge in [0.2, 0.25) is 11.8 Å². The molecule has 136 valence electrons. The molecule has 0 aromatic heterocycles. The molecule has 26 heavy (non-hydrogen) atoms. The first kappa shape index (κ1) is 19.5. The molecule has 0 heterocycles. The molecule has 0 atom stereocenters. The predicted molar refractivity (Wildman–Crippen MR) is 103 cm³/mol. The number of benzene rings is 2. The average Bonchev–Trinajstić information content (AvgIpc) is 2.64. The fraction of sp³-hybridized carbons (Fsp3) is 0.211. The van der Waals surface area contributed by atoms with E-state index in [1.807, 2.05) is 25.1 Å². The van der Waals surface area contributed by atoms with Gasteiger partial charge < -0.3 is 10.1 Å². The Labute approximate surface area is 157 Å². The highest BCUT2D eigenvalue weighted by Crippen LogP contribution is 2.23. The smallest absolute Gasteiger partial charge is 0.240 e. The normalized spacial score (nSPS) is 10.6. The third-order valence-electron chi connectivity index (χ3n) is 3.65. The molecule has 0 fully saturated rings. The van der Waals surface area contributed by atoms with Crippen LogP contribution in [0.3, 0.4) is 0 Å². The number of amides is 2. The van der Waals surface area contributed by atoms with Crippen molar-refractivity contribution in [2.24, 2.45) is 5.10 Å². The summed E-state index contributed by atoms with van der Waals surface area (Å²) in [5.74, 6) is 0.0371. The van der Waals surface area contributed by atoms with Gasteiger partial charge in [0, 0.05) is 29.1 Å². The monoisotopic (exact) mass is 373 g/mol. The Morgan fingerprint density at radius 1 is 1.12 bits per heavy atom. The molecular weight excluding hydrogens is 354 g/mol. The minimum absolute atomic E-state index is 0.0225. The molecule has 0 saturated heterocycles. The van der Waals surface area contributed by atoms with Crippen molar-refractivity contribution in [3.63, 3.8) is 0 Å². The van der Waals surface area contributed by atoms with Crippen molar-refractivity contribution < 1.29 is 14.3 Å². The Morgan fingerprint density at radius 2 is 1.85 bits per heavy atom. The predicted octanol–water partition coefficient (Wildman–Crippen LogP) is 3.53. The van der Waals surface area contributed by atoms with Crippen molar-refractivity contribution in [1.29, 1.82) is 0 Å². The average molecular weight is 374 g/mol. The van der Waals surface area contributed by atoms with Crippen molar-refractivity contribution >= 4 is 35.3 Å². The Morgan fingerprint density at radius 3 is 2.62 bits per heavy atom. The topological polar surface area (TPSA) is 79.8 Å². The Balaban J connectivity index is 1.80. The molecule has 0 bridgehead atoms. The second kappa shape index (κ2) is 9.58. The van der Waals surface area contributed by atoms with Gasteiger partial charge in [-0.3, -0.25) is 9.59 Å². The van der Waals surface area contributed by atoms with Gasteiger partial charge in [0.15, 0.2) is 0 Å². The first-order chi connectivity index (χ1) is 12.5. The number of carbonyl (C=O) groups is 2. The van der Waals surface area contributed by atoms with Gasteiger partial charge in [0.05, 0.1) is 13.3 Å². The van der Waals surface area contributed by atoms with Crippen LogP contribution >= 0.6 is 11.6 Å². The van der Waals surface area contributed by atoms with E-state index in [0.717, 1.165) is 11.1 Å². The van der Waals surface area contributed by atoms with Gasteiger partial charge in [-0.15, -0.1) is 0 Å². The third-order valence-corrected chi connectivity index (χ3v) is 4.06. The maximum atomic E-state index is 12.0. The van der Waals surface area contributed by atoms with Gasteiger partial charge in [-0.05, 0) is 36.8 Å². The van der Waals surface area contributed by atoms with E-state index in [1.54, 1.807) is 31.4 Å². The van der Waals surface area contributed by atoms with Crippen molar-refractivity contribution in [1.82, 2.24) is 5.43 Å². The van der Waals surface area contributed by atoms with Crippen LogP contribution in [-0.4, -0.2) is 25.1 Å². The SMILES string of the molecule is COc1ccccc1C=NNC(=O)CCC(=O)Nc1cccc(Cl)c1C. The third kappa shape index (κ3) is 5.60. The minimum atomic E-state index is -0.353. The lowest BCUT2D eigenvalue weighted by Crippen LogP contribution is -2.21. The number of rotatable bonds is 7. The zero-order valence-electron chi connectivity index (χ0n) is 14.6. The number of halogens is 1. The molecule has 2 amide bonds. The van der Waals surface area contributed by atoms with Crippen LogP contribution in [-0.2, 0) is 9.59 Å². The van der Waals surface area contributed by atoms with Gasteiger partial charge in [0.1, 0.15) is 5.75 Å². The number of hydrogen-bond donors (Lipinski definition) is 2. The van der Waals surface area contributed by atoms with Crippen molar-refractivity contribution in [3.05, 3.63) is 58.6 Å². The number of nitrogens with zero attached hydrogens (tertiary/aromatic N) is 1. The molecule has 2 N–H and O–H groups in total. The maximum Gasteiger partial charge on any atom is 0.240 e. The number of ether oxygens (including phenoxy) is 1. The van der Waals surface area contributed by atoms with E-state index in [1.165, 1.54) is 6.21 Å². The summed E-state index contributed by atoms with van der Waals surface area (Å²) < 4.78 is 5.19. The van der Waals surface area contributed by atoms with Gasteiger partial charge in [-0.2, -0.15) is 5.10 Å². The second-order valence-electron chi connectivity index (χ2n) is 5.50. The lowest BCUT2D eigenvalue weighted by Gasteiger charge is -2.09. The van der Waals surface area contributed by atoms with Crippen LogP contribution in [0.2, 0.25) is 5.02 Å². The highest BCUT2D eigenvalue weighted by molar-refractivity contribution is 6.31. The molecule has 0 aliphatic carbocycles. The molecule has 7 heteroatoms. The Kier molecular flexibility index (Phi) is 7.17. The summed E-state index contributed by atoms with van der Waals surface area (Å²) in [7, 11) is 1.56. The van der Waals surface area contributed by atoms with Crippen LogP contribution in [0.1, 0.15) is 24.0 Å². The molecule has 2 aromatic rings. The molecule has 2 aromatic carbocycles. The van der Waals surface area contributed by atoms with Crippen molar-refractivity contribution in [2.45, 2.75) is 19.8 Å². The molecule has 0 aliphatic heterocycles. The molecule has 0 aliphatic rings. The van der Waals surface area contributed by atoms with Crippen LogP contribution in [0.5, 0.6) is 5.75 Å². The number of methoxy groups -OCH3 is 1. The summed E-state index contributed by atoms with van der Waals surface area (Å²) in [4.78, 5) is 23.8. The molecule has 0 spiro atoms. The summed E-state index contributed by atoms with van der Waals surface area (Å²) in [6.45, 7) is 1.82. The fourth-order valence-corrected chi connectivity index (χ4v) is 2.36. The summed E-state index contributed by atoms with van der Waals surface area (Å²) in [6, 6.07) is 12.6. The van der Waals surface area contributed by atoms with E-state index in [2.05, 4.69) is 15.8 Å². The van der Waals surface area contributed by atoms with Gasteiger partial charge >= 0.3 is 0 Å². The van der Waals surface area contributed by atoms with Crippen LogP contribution in [0.4, 0.5) is 5.69 Å². The number of hydrogen-bond acceptors (Lipinski definition) is 4. The molecular formula is C19H20ClN3O3. The summed E-state index contributed by atoms with van der Waals surface area (Å²) in [6.07, 6.45) is 1.56. The number of carbonyl (C=O) groups excluding carboxylic acids is 2. The lowest BCUT2D eigenvalue weighted by molar-refractivity contribution is -0.124. The van der Waals surface area contributed by atoms with Crippen molar-refractivity contribution in [3.8, 4) is 5.75 Å². The van der Waals surface area contributed by atoms with E-state index < -0.39 is 0 Å². The van der Waals surface area contributed by atoms with Gasteiger partial charge in [0.25, 0.3) is 0 Å². The highest BCUT2D eigenvalue weighted by atomic mass is 35.5. The summed E-state index contributed by atoms with van der Waals surface area (Å²) in [5.41, 5.74) is 4.56. The van der Waals surface area contributed by atoms with E-state index in [9.17, 15) is 9.59 Å². The van der Waals surface area contributed by atoms with Crippen LogP contribution in [0.15, 0.2) is 47.6 Å². The quantitative estimate of drug-likeness (QED) is 0.575. The number of para-hydroxylation sites is 1. The molecule has 0 radical (unpaired) electrons. The number of hydrazone groups is 1. The number of nitrogens with one attached hydrogen (secondary N) is 2. The zero-order chi connectivity index (χ0) is 18.9. The van der Waals surface area contributed by atoms with Crippen LogP contribution in [0.25, 0.3) is 0 Å². The standard InChI is InChI=1S/C19H20ClN3O3/c1-13-15(20)7-5-8-16(13)22-18(24)10-11-19(25)23-21-12-14-6-3-4-9-17(14)26-2/h3-9,12H,10-11H2,1-2H3,(H,22,24)(H,23,25). The van der Waals surface area contributed by atoms with E-state index in [4.69, 9.17) is 16.3 Å². The summed E-state index contributed by atoms with van der Waals surface area (Å²) >= 11 is 6.01. The van der Waals surface area contributed by atoms with Gasteiger partial charge in [-0.25, -0.2) is 5.43 Å². The first-order valence-corrected chi connectivity index (χ1v) is 8.39. The highest BCUT2D eigenvalue weighted by Gasteiger charge is 2.09. The Hall–Kier alpha value is -2.86. The maximum absolute atomic E-state index is 12.0. The fourth-order valence-electron chi connectivity index (χ4n) is 2.19. The van der Waals surface area contributed by atoms with E-state index in [0.29, 0.717) is 16.5 Å². The van der Waals surface area contributed by atoms with E-state index >= 15 is 0 Å². The van der Waals surface area contributed by atoms with Crippen LogP contribution < -0.4 is 15.5 Å². The zero-order valence-corrected chi connectivity index (χ0v) is 15.3. The van der Waals surface area contributed by atoms with Gasteiger partial charge in [-0.1, -0.05) is 29.8 Å². The first-order valence-electron chi connectivity index (χ1n) is 8.01. The number of anilines is 1. The summed E-state index contributed by atoms with van der Waals surface area (Å²) in [5, 5.41) is 7.20. The second-order valence-corrected chi connectivity index (χ2v) is 5.90.